The first-order valence-electron chi connectivity index (χ1n) is 21.9. The Morgan fingerprint density at radius 2 is 1.06 bits per heavy atom. The standard InChI is InChI=1S/C42H85N2O7P/c1-3-5-7-9-11-13-15-16-17-18-19-20-21-22-24-26-28-30-32-34-41(46)40(38-51-52(48,49)50-36-35-43)44-42(47)37-39(45)33-31-29-27-25-23-14-12-10-8-6-4-2/h32,34,39-41,45-46H,3-31,33,35-38,43H2,1-2H3,(H,44,47)(H,48,49)/b34-32+. The molecule has 52 heavy (non-hydrogen) atoms. The molecular weight excluding hydrogens is 675 g/mol. The summed E-state index contributed by atoms with van der Waals surface area (Å²) in [7, 11) is -4.39. The van der Waals surface area contributed by atoms with Crippen molar-refractivity contribution in [3.8, 4) is 0 Å². The Hall–Kier alpha value is -0.800. The van der Waals surface area contributed by atoms with E-state index in [9.17, 15) is 24.5 Å². The van der Waals surface area contributed by atoms with Crippen molar-refractivity contribution >= 4 is 13.7 Å². The van der Waals surface area contributed by atoms with Gasteiger partial charge in [-0.05, 0) is 19.3 Å². The molecule has 0 rings (SSSR count). The van der Waals surface area contributed by atoms with Crippen LogP contribution in [0.3, 0.4) is 0 Å². The molecule has 4 unspecified atom stereocenters. The summed E-state index contributed by atoms with van der Waals surface area (Å²) < 4.78 is 22.1. The Kier molecular flexibility index (Phi) is 37.9. The number of hydrogen-bond donors (Lipinski definition) is 5. The van der Waals surface area contributed by atoms with Crippen molar-refractivity contribution in [2.75, 3.05) is 19.8 Å². The van der Waals surface area contributed by atoms with Crippen LogP contribution in [-0.2, 0) is 18.4 Å². The van der Waals surface area contributed by atoms with Crippen molar-refractivity contribution in [2.45, 2.75) is 231 Å². The molecule has 4 atom stereocenters. The number of aliphatic hydroxyl groups excluding tert-OH is 2. The second-order valence-corrected chi connectivity index (χ2v) is 16.6. The van der Waals surface area contributed by atoms with Gasteiger partial charge in [0.05, 0.1) is 37.9 Å². The Bertz CT molecular complexity index is 847. The Morgan fingerprint density at radius 1 is 0.654 bits per heavy atom. The third-order valence-corrected chi connectivity index (χ3v) is 10.9. The number of hydrogen-bond acceptors (Lipinski definition) is 7. The van der Waals surface area contributed by atoms with Crippen molar-refractivity contribution in [1.29, 1.82) is 0 Å². The van der Waals surface area contributed by atoms with Gasteiger partial charge < -0.3 is 26.2 Å². The first-order chi connectivity index (χ1) is 25.3. The molecule has 0 fully saturated rings. The first-order valence-corrected chi connectivity index (χ1v) is 23.4. The van der Waals surface area contributed by atoms with E-state index in [1.54, 1.807) is 6.08 Å². The molecule has 0 radical (unpaired) electrons. The highest BCUT2D eigenvalue weighted by Crippen LogP contribution is 2.43. The minimum atomic E-state index is -4.39. The molecule has 0 aromatic carbocycles. The molecule has 0 heterocycles. The lowest BCUT2D eigenvalue weighted by Crippen LogP contribution is -2.46. The van der Waals surface area contributed by atoms with Crippen LogP contribution in [0.1, 0.15) is 213 Å². The lowest BCUT2D eigenvalue weighted by atomic mass is 10.0. The number of carbonyl (C=O) groups is 1. The number of aliphatic hydroxyl groups is 2. The fraction of sp³-hybridized carbons (Fsp3) is 0.929. The number of unbranched alkanes of at least 4 members (excludes halogenated alkanes) is 27. The fourth-order valence-electron chi connectivity index (χ4n) is 6.59. The van der Waals surface area contributed by atoms with E-state index in [0.29, 0.717) is 6.42 Å². The van der Waals surface area contributed by atoms with Crippen LogP contribution in [0.2, 0.25) is 0 Å². The van der Waals surface area contributed by atoms with Crippen LogP contribution >= 0.6 is 7.82 Å². The van der Waals surface area contributed by atoms with Gasteiger partial charge in [-0.2, -0.15) is 0 Å². The minimum absolute atomic E-state index is 0.0514. The van der Waals surface area contributed by atoms with E-state index >= 15 is 0 Å². The largest absolute Gasteiger partial charge is 0.472 e. The van der Waals surface area contributed by atoms with Gasteiger partial charge in [-0.3, -0.25) is 13.8 Å². The highest BCUT2D eigenvalue weighted by molar-refractivity contribution is 7.47. The number of phosphoric acid groups is 1. The molecule has 0 aliphatic rings. The third kappa shape index (κ3) is 36.2. The molecule has 0 bridgehead atoms. The van der Waals surface area contributed by atoms with Crippen LogP contribution in [0.25, 0.3) is 0 Å². The number of rotatable bonds is 41. The third-order valence-electron chi connectivity index (χ3n) is 9.92. The molecule has 0 aromatic rings. The van der Waals surface area contributed by atoms with Gasteiger partial charge in [0, 0.05) is 6.54 Å². The van der Waals surface area contributed by atoms with Gasteiger partial charge in [0.1, 0.15) is 0 Å². The van der Waals surface area contributed by atoms with Crippen molar-refractivity contribution in [1.82, 2.24) is 5.32 Å². The maximum atomic E-state index is 12.8. The highest BCUT2D eigenvalue weighted by atomic mass is 31.2. The van der Waals surface area contributed by atoms with Gasteiger partial charge in [0.25, 0.3) is 0 Å². The Labute approximate surface area is 320 Å². The average molecular weight is 761 g/mol. The van der Waals surface area contributed by atoms with Crippen LogP contribution in [0, 0.1) is 0 Å². The molecule has 6 N–H and O–H groups in total. The minimum Gasteiger partial charge on any atom is -0.393 e. The van der Waals surface area contributed by atoms with Crippen LogP contribution in [-0.4, -0.2) is 59.0 Å². The summed E-state index contributed by atoms with van der Waals surface area (Å²) >= 11 is 0. The number of carbonyl (C=O) groups excluding carboxylic acids is 1. The summed E-state index contributed by atoms with van der Waals surface area (Å²) in [6, 6.07) is -0.976. The molecule has 0 saturated heterocycles. The molecule has 0 aliphatic carbocycles. The van der Waals surface area contributed by atoms with Gasteiger partial charge in [-0.25, -0.2) is 4.57 Å². The van der Waals surface area contributed by atoms with E-state index in [0.717, 1.165) is 38.5 Å². The lowest BCUT2D eigenvalue weighted by Gasteiger charge is -2.24. The molecule has 0 aliphatic heterocycles. The summed E-state index contributed by atoms with van der Waals surface area (Å²) in [4.78, 5) is 22.7. The van der Waals surface area contributed by atoms with Gasteiger partial charge in [-0.15, -0.1) is 0 Å². The second-order valence-electron chi connectivity index (χ2n) is 15.1. The van der Waals surface area contributed by atoms with Crippen LogP contribution in [0.15, 0.2) is 12.2 Å². The van der Waals surface area contributed by atoms with Crippen LogP contribution < -0.4 is 11.1 Å². The van der Waals surface area contributed by atoms with Gasteiger partial charge in [-0.1, -0.05) is 199 Å². The van der Waals surface area contributed by atoms with Gasteiger partial charge >= 0.3 is 7.82 Å². The van der Waals surface area contributed by atoms with Crippen LogP contribution in [0.5, 0.6) is 0 Å². The molecule has 1 amide bonds. The van der Waals surface area contributed by atoms with Crippen molar-refractivity contribution in [3.05, 3.63) is 12.2 Å². The predicted molar refractivity (Wildman–Crippen MR) is 218 cm³/mol. The Balaban J connectivity index is 4.29. The summed E-state index contributed by atoms with van der Waals surface area (Å²) in [5.41, 5.74) is 5.36. The van der Waals surface area contributed by atoms with E-state index in [1.165, 1.54) is 148 Å². The van der Waals surface area contributed by atoms with Crippen molar-refractivity contribution in [2.24, 2.45) is 5.73 Å². The summed E-state index contributed by atoms with van der Waals surface area (Å²) in [5, 5.41) is 24.0. The second kappa shape index (κ2) is 38.5. The number of nitrogens with one attached hydrogen (secondary N) is 1. The highest BCUT2D eigenvalue weighted by Gasteiger charge is 2.27. The average Bonchev–Trinajstić information content (AvgIpc) is 3.12. The quantitative estimate of drug-likeness (QED) is 0.0235. The number of allylic oxidation sites excluding steroid dienone is 1. The molecular formula is C42H85N2O7P. The van der Waals surface area contributed by atoms with Crippen LogP contribution in [0.4, 0.5) is 0 Å². The SMILES string of the molecule is CCCCCCCCCCCCCCCCCCC/C=C/C(O)C(COP(=O)(O)OCCN)NC(=O)CC(O)CCCCCCCCCCCCC. The van der Waals surface area contributed by atoms with Crippen molar-refractivity contribution in [3.63, 3.8) is 0 Å². The van der Waals surface area contributed by atoms with E-state index < -0.39 is 38.6 Å². The Morgan fingerprint density at radius 3 is 1.48 bits per heavy atom. The zero-order valence-electron chi connectivity index (χ0n) is 33.9. The number of phosphoric ester groups is 1. The number of nitrogens with two attached hydrogens (primary N) is 1. The fourth-order valence-corrected chi connectivity index (χ4v) is 7.35. The molecule has 9 nitrogen and oxygen atoms in total. The van der Waals surface area contributed by atoms with E-state index in [2.05, 4.69) is 19.2 Å². The molecule has 0 spiro atoms. The molecule has 0 aromatic heterocycles. The van der Waals surface area contributed by atoms with E-state index in [4.69, 9.17) is 14.8 Å². The lowest BCUT2D eigenvalue weighted by molar-refractivity contribution is -0.124. The first kappa shape index (κ1) is 51.2. The number of amides is 1. The summed E-state index contributed by atoms with van der Waals surface area (Å²) in [6.07, 6.45) is 38.7. The van der Waals surface area contributed by atoms with Gasteiger partial charge in [0.2, 0.25) is 5.91 Å². The smallest absolute Gasteiger partial charge is 0.393 e. The van der Waals surface area contributed by atoms with Gasteiger partial charge in [0.15, 0.2) is 0 Å². The molecule has 10 heteroatoms. The monoisotopic (exact) mass is 761 g/mol. The van der Waals surface area contributed by atoms with E-state index in [1.807, 2.05) is 6.08 Å². The predicted octanol–water partition coefficient (Wildman–Crippen LogP) is 11.0. The molecule has 310 valence electrons. The maximum Gasteiger partial charge on any atom is 0.472 e. The van der Waals surface area contributed by atoms with E-state index in [-0.39, 0.29) is 19.6 Å². The normalized spacial score (nSPS) is 14.8. The zero-order chi connectivity index (χ0) is 38.4. The summed E-state index contributed by atoms with van der Waals surface area (Å²) in [6.45, 7) is 3.98. The zero-order valence-corrected chi connectivity index (χ0v) is 34.8. The topological polar surface area (TPSA) is 151 Å². The maximum absolute atomic E-state index is 12.8. The van der Waals surface area contributed by atoms with Crippen molar-refractivity contribution < 1.29 is 33.5 Å². The molecule has 0 saturated carbocycles. The summed E-state index contributed by atoms with van der Waals surface area (Å²) in [5.74, 6) is -0.444.